The van der Waals surface area contributed by atoms with Crippen LogP contribution in [0.15, 0.2) is 23.8 Å². The van der Waals surface area contributed by atoms with Gasteiger partial charge in [-0.05, 0) is 11.8 Å². The van der Waals surface area contributed by atoms with Crippen LogP contribution in [0.5, 0.6) is 0 Å². The Labute approximate surface area is 289 Å². The number of aromatic amines is 1. The second-order valence-corrected chi connectivity index (χ2v) is 17.3. The van der Waals surface area contributed by atoms with Crippen molar-refractivity contribution >= 4 is 77.6 Å². The van der Waals surface area contributed by atoms with E-state index in [4.69, 9.17) is 45.1 Å². The van der Waals surface area contributed by atoms with Gasteiger partial charge in [-0.15, -0.1) is 0 Å². The van der Waals surface area contributed by atoms with Gasteiger partial charge in [-0.2, -0.15) is 4.98 Å². The van der Waals surface area contributed by atoms with Crippen LogP contribution < -0.4 is 16.6 Å². The summed E-state index contributed by atoms with van der Waals surface area (Å²) in [6, 6.07) is 0. The number of alkyl halides is 2. The van der Waals surface area contributed by atoms with E-state index in [1.807, 2.05) is 0 Å². The number of nitrogen functional groups attached to an aromatic ring is 1. The Morgan fingerprint density at radius 2 is 1.64 bits per heavy atom. The highest BCUT2D eigenvalue weighted by molar-refractivity contribution is 8.44. The van der Waals surface area contributed by atoms with Gasteiger partial charge in [0.15, 0.2) is 47.4 Å². The quantitative estimate of drug-likeness (QED) is 0.146. The van der Waals surface area contributed by atoms with Crippen LogP contribution in [0.3, 0.4) is 0 Å². The van der Waals surface area contributed by atoms with Crippen molar-refractivity contribution in [3.8, 4) is 0 Å². The van der Waals surface area contributed by atoms with Gasteiger partial charge in [0.1, 0.15) is 36.3 Å². The largest absolute Gasteiger partial charge is 0.386 e. The van der Waals surface area contributed by atoms with Crippen LogP contribution in [0.1, 0.15) is 26.3 Å². The van der Waals surface area contributed by atoms with Gasteiger partial charge in [0.05, 0.1) is 25.9 Å². The summed E-state index contributed by atoms with van der Waals surface area (Å²) in [6.45, 7) is -6.96. The second-order valence-electron chi connectivity index (χ2n) is 11.7. The number of imidazole rings is 2. The number of halogens is 2. The number of rotatable bonds is 4. The molecule has 20 nitrogen and oxygen atoms in total. The highest BCUT2D eigenvalue weighted by Gasteiger charge is 2.54. The minimum absolute atomic E-state index is 0.0351. The van der Waals surface area contributed by atoms with Crippen LogP contribution in [0.25, 0.3) is 22.3 Å². The molecule has 3 fully saturated rings. The van der Waals surface area contributed by atoms with Gasteiger partial charge in [0.25, 0.3) is 5.56 Å². The van der Waals surface area contributed by atoms with Crippen molar-refractivity contribution < 1.29 is 50.6 Å². The zero-order chi connectivity index (χ0) is 35.7. The molecule has 0 bridgehead atoms. The number of fused-ring (bicyclic) bond motifs is 4. The van der Waals surface area contributed by atoms with E-state index < -0.39 is 93.3 Å². The molecule has 0 radical (unpaired) electrons. The summed E-state index contributed by atoms with van der Waals surface area (Å²) in [5.41, 5.74) is 5.02. The van der Waals surface area contributed by atoms with E-state index in [1.165, 1.54) is 10.9 Å². The van der Waals surface area contributed by atoms with Crippen molar-refractivity contribution in [3.63, 3.8) is 0 Å². The molecule has 3 unspecified atom stereocenters. The first-order valence-corrected chi connectivity index (χ1v) is 20.0. The lowest BCUT2D eigenvalue weighted by Crippen LogP contribution is -2.37. The second kappa shape index (κ2) is 13.2. The third kappa shape index (κ3) is 6.58. The molecular weight excluding hydrogens is 752 g/mol. The average molecular weight is 781 g/mol. The Morgan fingerprint density at radius 3 is 2.30 bits per heavy atom. The van der Waals surface area contributed by atoms with Gasteiger partial charge in [-0.1, -0.05) is 26.1 Å². The predicted octanol–water partition coefficient (Wildman–Crippen LogP) is 1.68. The number of carbonyl (C=O) groups is 1. The monoisotopic (exact) mass is 780 g/mol. The summed E-state index contributed by atoms with van der Waals surface area (Å²) in [4.78, 5) is 58.5. The molecule has 5 N–H and O–H groups in total. The predicted molar refractivity (Wildman–Crippen MR) is 174 cm³/mol. The molecule has 0 aromatic carbocycles. The molecule has 10 atom stereocenters. The number of anilines is 2. The zero-order valence-electron chi connectivity index (χ0n) is 25.7. The van der Waals surface area contributed by atoms with Crippen molar-refractivity contribution in [3.05, 3.63) is 29.3 Å². The van der Waals surface area contributed by atoms with Crippen molar-refractivity contribution in [1.29, 1.82) is 0 Å². The van der Waals surface area contributed by atoms with Crippen molar-refractivity contribution in [2.45, 2.75) is 63.1 Å². The van der Waals surface area contributed by atoms with E-state index in [0.29, 0.717) is 0 Å². The highest BCUT2D eigenvalue weighted by Crippen LogP contribution is 2.58. The normalized spacial score (nSPS) is 35.1. The third-order valence-corrected chi connectivity index (χ3v) is 11.2. The number of nitrogens with two attached hydrogens (primary N) is 1. The number of hydrogen-bond donors (Lipinski definition) is 5. The summed E-state index contributed by atoms with van der Waals surface area (Å²) in [6.07, 6.45) is -10.1. The fourth-order valence-corrected chi connectivity index (χ4v) is 8.47. The minimum atomic E-state index is -4.48. The Bertz CT molecular complexity index is 2120. The fourth-order valence-electron chi connectivity index (χ4n) is 5.55. The van der Waals surface area contributed by atoms with E-state index in [0.717, 1.165) is 17.2 Å². The molecule has 270 valence electrons. The Balaban J connectivity index is 1.15. The van der Waals surface area contributed by atoms with Gasteiger partial charge in [0.2, 0.25) is 11.9 Å². The maximum absolute atomic E-state index is 16.3. The number of H-pyrrole nitrogens is 1. The van der Waals surface area contributed by atoms with E-state index in [9.17, 15) is 19.0 Å². The summed E-state index contributed by atoms with van der Waals surface area (Å²) in [5, 5.41) is 2.45. The SMILES string of the molecule is CC(C)C(=O)Nc1nc2c(ncn2[C@@H]2O[C@@H]3COP(O)(=S)O[C@@H]4C(COP(=O)(S)O[C@H]3[C@H]2F)O[C@@H](n2cnc3c(N)ncnc32)[C@@H]4F)c(=O)[nH]1. The average Bonchev–Trinajstić information content (AvgIpc) is 3.80. The molecule has 0 saturated carbocycles. The number of thiol groups is 1. The van der Waals surface area contributed by atoms with Crippen LogP contribution in [0, 0.1) is 5.92 Å². The number of hydrogen-bond acceptors (Lipinski definition) is 16. The summed E-state index contributed by atoms with van der Waals surface area (Å²) in [7, 11) is 0. The zero-order valence-corrected chi connectivity index (χ0v) is 29.2. The lowest BCUT2D eigenvalue weighted by molar-refractivity contribution is -0.118. The first-order valence-electron chi connectivity index (χ1n) is 14.7. The minimum Gasteiger partial charge on any atom is -0.382 e. The smallest absolute Gasteiger partial charge is 0.382 e. The molecular formula is C24H28F2N10O10P2S2. The van der Waals surface area contributed by atoms with Crippen LogP contribution in [-0.4, -0.2) is 99.8 Å². The molecule has 4 aromatic heterocycles. The van der Waals surface area contributed by atoms with Gasteiger partial charge < -0.3 is 24.6 Å². The van der Waals surface area contributed by atoms with E-state index >= 15 is 8.78 Å². The van der Waals surface area contributed by atoms with Crippen molar-refractivity contribution in [2.24, 2.45) is 5.92 Å². The molecule has 3 aliphatic rings. The number of nitrogens with one attached hydrogen (secondary N) is 2. The Kier molecular flexibility index (Phi) is 9.33. The van der Waals surface area contributed by atoms with E-state index in [1.54, 1.807) is 13.8 Å². The fraction of sp³-hybridized carbons (Fsp3) is 0.542. The number of carbonyl (C=O) groups excluding carboxylic acids is 1. The molecule has 0 aliphatic carbocycles. The first kappa shape index (κ1) is 35.4. The van der Waals surface area contributed by atoms with Gasteiger partial charge in [0, 0.05) is 5.92 Å². The van der Waals surface area contributed by atoms with Gasteiger partial charge in [-0.25, -0.2) is 33.3 Å². The molecule has 7 heterocycles. The Hall–Kier alpha value is -3.02. The maximum Gasteiger partial charge on any atom is 0.386 e. The third-order valence-electron chi connectivity index (χ3n) is 7.98. The van der Waals surface area contributed by atoms with Crippen molar-refractivity contribution in [1.82, 2.24) is 39.0 Å². The number of nitrogens with zero attached hydrogens (tertiary/aromatic N) is 7. The molecule has 1 amide bonds. The summed E-state index contributed by atoms with van der Waals surface area (Å²) >= 11 is 9.17. The molecule has 4 aromatic rings. The molecule has 50 heavy (non-hydrogen) atoms. The lowest BCUT2D eigenvalue weighted by Gasteiger charge is -2.29. The van der Waals surface area contributed by atoms with Crippen LogP contribution in [-0.2, 0) is 48.7 Å². The van der Waals surface area contributed by atoms with Gasteiger partial charge in [-0.3, -0.25) is 42.6 Å². The van der Waals surface area contributed by atoms with Gasteiger partial charge >= 0.3 is 13.5 Å². The number of aromatic nitrogens is 8. The standard InChI is InChI=1S/C24H28F2N10O10P2S2/c1-8(2)20(37)33-24-32-19-14(21(38)34-24)31-7-36(19)23-12(26)16-10(44-23)4-42-47(39,49)45-15-9(3-41-48(40,50)46-16)43-22(11(15)25)35-6-30-13-17(27)28-5-29-18(13)35/h5-12,15-16,22-23H,3-4H2,1-2H3,(H,39,49)(H,40,50)(H2,27,28,29)(H2,32,33,34,37,38)/t9?,10-,11-,12-,15-,16-,22-,23-,47?,48?/m1/s1. The number of ether oxygens (including phenoxy) is 2. The molecule has 0 spiro atoms. The molecule has 26 heteroatoms. The molecule has 3 aliphatic heterocycles. The first-order chi connectivity index (χ1) is 23.6. The van der Waals surface area contributed by atoms with Crippen molar-refractivity contribution in [2.75, 3.05) is 24.3 Å². The van der Waals surface area contributed by atoms with Crippen LogP contribution >= 0.6 is 25.8 Å². The highest BCUT2D eigenvalue weighted by atomic mass is 32.7. The summed E-state index contributed by atoms with van der Waals surface area (Å²) in [5.74, 6) is -1.09. The lowest BCUT2D eigenvalue weighted by atomic mass is 10.1. The van der Waals surface area contributed by atoms with Crippen LogP contribution in [0.4, 0.5) is 20.5 Å². The van der Waals surface area contributed by atoms with E-state index in [2.05, 4.69) is 47.5 Å². The topological polar surface area (TPSA) is 255 Å². The number of amides is 1. The molecule has 3 saturated heterocycles. The molecule has 7 rings (SSSR count). The Morgan fingerprint density at radius 1 is 1.04 bits per heavy atom. The maximum atomic E-state index is 16.3. The van der Waals surface area contributed by atoms with Crippen LogP contribution in [0.2, 0.25) is 0 Å². The van der Waals surface area contributed by atoms with E-state index in [-0.39, 0.29) is 34.1 Å². The summed E-state index contributed by atoms with van der Waals surface area (Å²) < 4.78 is 81.8.